The maximum atomic E-state index is 3.77. The van der Waals surface area contributed by atoms with E-state index in [2.05, 4.69) is 54.0 Å². The van der Waals surface area contributed by atoms with Crippen LogP contribution in [0.1, 0.15) is 35.9 Å². The molecule has 1 unspecified atom stereocenters. The van der Waals surface area contributed by atoms with Gasteiger partial charge in [-0.2, -0.15) is 0 Å². The largest absolute Gasteiger partial charge is 0.303 e. The Morgan fingerprint density at radius 1 is 1.22 bits per heavy atom. The van der Waals surface area contributed by atoms with Crippen molar-refractivity contribution < 1.29 is 0 Å². The molecule has 2 heterocycles. The lowest BCUT2D eigenvalue weighted by molar-refractivity contribution is 0.454. The number of hydrogen-bond acceptors (Lipinski definition) is 3. The zero-order valence-electron chi connectivity index (χ0n) is 10.4. The fourth-order valence-electron chi connectivity index (χ4n) is 2.44. The van der Waals surface area contributed by atoms with Gasteiger partial charge in [0, 0.05) is 21.9 Å². The quantitative estimate of drug-likeness (QED) is 0.876. The van der Waals surface area contributed by atoms with Gasteiger partial charge in [-0.25, -0.2) is 0 Å². The van der Waals surface area contributed by atoms with Crippen LogP contribution in [0.15, 0.2) is 46.7 Å². The molecular formula is C15H17NS2. The molecule has 18 heavy (non-hydrogen) atoms. The molecule has 0 aliphatic carbocycles. The minimum Gasteiger partial charge on any atom is -0.303 e. The Morgan fingerprint density at radius 2 is 2.11 bits per heavy atom. The van der Waals surface area contributed by atoms with Gasteiger partial charge in [-0.3, -0.25) is 0 Å². The van der Waals surface area contributed by atoms with E-state index in [1.54, 1.807) is 0 Å². The van der Waals surface area contributed by atoms with Crippen LogP contribution in [-0.2, 0) is 0 Å². The highest BCUT2D eigenvalue weighted by atomic mass is 32.2. The molecule has 0 saturated carbocycles. The molecule has 0 fully saturated rings. The first kappa shape index (κ1) is 12.3. The van der Waals surface area contributed by atoms with Crippen LogP contribution in [0.3, 0.4) is 0 Å². The van der Waals surface area contributed by atoms with Crippen LogP contribution < -0.4 is 5.32 Å². The van der Waals surface area contributed by atoms with Gasteiger partial charge in [-0.15, -0.1) is 23.1 Å². The molecule has 1 N–H and O–H groups in total. The topological polar surface area (TPSA) is 12.0 Å². The van der Waals surface area contributed by atoms with E-state index in [-0.39, 0.29) is 0 Å². The summed E-state index contributed by atoms with van der Waals surface area (Å²) in [5.41, 5.74) is 1.47. The maximum absolute atomic E-state index is 3.77. The summed E-state index contributed by atoms with van der Waals surface area (Å²) in [6.45, 7) is 2.26. The van der Waals surface area contributed by atoms with E-state index in [0.29, 0.717) is 12.1 Å². The predicted molar refractivity (Wildman–Crippen MR) is 80.4 cm³/mol. The fraction of sp³-hybridized carbons (Fsp3) is 0.333. The minimum atomic E-state index is 0.436. The number of nitrogens with one attached hydrogen (secondary N) is 1. The van der Waals surface area contributed by atoms with Gasteiger partial charge in [0.25, 0.3) is 0 Å². The Morgan fingerprint density at radius 3 is 2.94 bits per heavy atom. The zero-order valence-corrected chi connectivity index (χ0v) is 12.1. The molecule has 2 atom stereocenters. The van der Waals surface area contributed by atoms with Crippen LogP contribution in [0, 0.1) is 0 Å². The Labute approximate surface area is 117 Å². The second kappa shape index (κ2) is 5.47. The Balaban J connectivity index is 1.78. The van der Waals surface area contributed by atoms with Crippen LogP contribution in [0.2, 0.25) is 0 Å². The van der Waals surface area contributed by atoms with Crippen molar-refractivity contribution >= 4 is 23.1 Å². The summed E-state index contributed by atoms with van der Waals surface area (Å²) >= 11 is 3.81. The van der Waals surface area contributed by atoms with E-state index in [9.17, 15) is 0 Å². The molecule has 94 valence electrons. The number of benzene rings is 1. The van der Waals surface area contributed by atoms with Crippen LogP contribution in [0.4, 0.5) is 0 Å². The van der Waals surface area contributed by atoms with Crippen LogP contribution in [-0.4, -0.2) is 5.75 Å². The molecular weight excluding hydrogens is 258 g/mol. The average molecular weight is 275 g/mol. The van der Waals surface area contributed by atoms with Crippen molar-refractivity contribution in [2.75, 3.05) is 5.75 Å². The Bertz CT molecular complexity index is 507. The number of fused-ring (bicyclic) bond motifs is 1. The zero-order chi connectivity index (χ0) is 12.4. The van der Waals surface area contributed by atoms with Gasteiger partial charge in [0.1, 0.15) is 0 Å². The summed E-state index contributed by atoms with van der Waals surface area (Å²) in [5.74, 6) is 1.21. The third-order valence-corrected chi connectivity index (χ3v) is 5.56. The standard InChI is InChI=1S/C15H17NS2/c1-11(14-7-4-9-17-14)16-13-8-10-18-15-6-3-2-5-12(13)15/h2-7,9,11,13,16H,8,10H2,1H3/t11-,13?/m0/s1. The van der Waals surface area contributed by atoms with Crippen molar-refractivity contribution in [3.8, 4) is 0 Å². The molecule has 3 rings (SSSR count). The maximum Gasteiger partial charge on any atom is 0.0391 e. The van der Waals surface area contributed by atoms with Gasteiger partial charge in [0.15, 0.2) is 0 Å². The summed E-state index contributed by atoms with van der Waals surface area (Å²) in [4.78, 5) is 2.87. The minimum absolute atomic E-state index is 0.436. The van der Waals surface area contributed by atoms with Gasteiger partial charge in [-0.1, -0.05) is 24.3 Å². The van der Waals surface area contributed by atoms with Gasteiger partial charge in [0.2, 0.25) is 0 Å². The molecule has 1 aliphatic rings. The van der Waals surface area contributed by atoms with E-state index in [1.807, 2.05) is 23.1 Å². The molecule has 1 aromatic carbocycles. The predicted octanol–water partition coefficient (Wildman–Crippen LogP) is 4.64. The molecule has 0 radical (unpaired) electrons. The van der Waals surface area contributed by atoms with Crippen molar-refractivity contribution in [2.45, 2.75) is 30.3 Å². The number of hydrogen-bond donors (Lipinski definition) is 1. The van der Waals surface area contributed by atoms with Crippen molar-refractivity contribution in [1.82, 2.24) is 5.32 Å². The van der Waals surface area contributed by atoms with E-state index >= 15 is 0 Å². The van der Waals surface area contributed by atoms with Gasteiger partial charge >= 0.3 is 0 Å². The lowest BCUT2D eigenvalue weighted by Gasteiger charge is -2.28. The van der Waals surface area contributed by atoms with E-state index in [0.717, 1.165) is 0 Å². The molecule has 1 nitrogen and oxygen atoms in total. The summed E-state index contributed by atoms with van der Waals surface area (Å²) in [7, 11) is 0. The van der Waals surface area contributed by atoms with Crippen LogP contribution >= 0.6 is 23.1 Å². The molecule has 1 aliphatic heterocycles. The van der Waals surface area contributed by atoms with Gasteiger partial charge in [0.05, 0.1) is 0 Å². The van der Waals surface area contributed by atoms with E-state index in [4.69, 9.17) is 0 Å². The summed E-state index contributed by atoms with van der Waals surface area (Å²) < 4.78 is 0. The van der Waals surface area contributed by atoms with E-state index < -0.39 is 0 Å². The van der Waals surface area contributed by atoms with Crippen molar-refractivity contribution in [3.63, 3.8) is 0 Å². The third kappa shape index (κ3) is 2.48. The molecule has 0 spiro atoms. The lowest BCUT2D eigenvalue weighted by Crippen LogP contribution is -2.26. The molecule has 2 aromatic rings. The SMILES string of the molecule is C[C@H](NC1CCSc2ccccc21)c1cccs1. The second-order valence-corrected chi connectivity index (χ2v) is 6.75. The van der Waals surface area contributed by atoms with Crippen LogP contribution in [0.25, 0.3) is 0 Å². The fourth-order valence-corrected chi connectivity index (χ4v) is 4.31. The van der Waals surface area contributed by atoms with Crippen molar-refractivity contribution in [1.29, 1.82) is 0 Å². The molecule has 0 amide bonds. The van der Waals surface area contributed by atoms with Crippen molar-refractivity contribution in [2.24, 2.45) is 0 Å². The molecule has 1 aromatic heterocycles. The highest BCUT2D eigenvalue weighted by Crippen LogP contribution is 2.37. The van der Waals surface area contributed by atoms with Crippen LogP contribution in [0.5, 0.6) is 0 Å². The summed E-state index contributed by atoms with van der Waals surface area (Å²) in [5, 5.41) is 5.93. The normalized spacial score (nSPS) is 20.4. The number of thioether (sulfide) groups is 1. The lowest BCUT2D eigenvalue weighted by atomic mass is 10.0. The molecule has 0 bridgehead atoms. The smallest absolute Gasteiger partial charge is 0.0391 e. The average Bonchev–Trinajstić information content (AvgIpc) is 2.93. The number of rotatable bonds is 3. The first-order chi connectivity index (χ1) is 8.84. The summed E-state index contributed by atoms with van der Waals surface area (Å²) in [6.07, 6.45) is 1.22. The number of thiophene rings is 1. The highest BCUT2D eigenvalue weighted by Gasteiger charge is 2.22. The first-order valence-electron chi connectivity index (χ1n) is 6.36. The monoisotopic (exact) mass is 275 g/mol. The highest BCUT2D eigenvalue weighted by molar-refractivity contribution is 7.99. The molecule has 0 saturated heterocycles. The van der Waals surface area contributed by atoms with E-state index in [1.165, 1.54) is 27.5 Å². The Hall–Kier alpha value is -0.770. The van der Waals surface area contributed by atoms with Crippen molar-refractivity contribution in [3.05, 3.63) is 52.2 Å². The second-order valence-electron chi connectivity index (χ2n) is 4.63. The summed E-state index contributed by atoms with van der Waals surface area (Å²) in [6, 6.07) is 14.1. The first-order valence-corrected chi connectivity index (χ1v) is 8.22. The third-order valence-electron chi connectivity index (χ3n) is 3.38. The van der Waals surface area contributed by atoms with Gasteiger partial charge in [-0.05, 0) is 42.2 Å². The Kier molecular flexibility index (Phi) is 3.73. The molecule has 3 heteroatoms. The van der Waals surface area contributed by atoms with Gasteiger partial charge < -0.3 is 5.32 Å².